The lowest BCUT2D eigenvalue weighted by Crippen LogP contribution is -2.44. The van der Waals surface area contributed by atoms with E-state index in [1.807, 2.05) is 0 Å². The molecule has 4 N–H and O–H groups in total. The molecule has 2 aliphatic carbocycles. The molecular weight excluding hydrogens is 340 g/mol. The Morgan fingerprint density at radius 2 is 0.962 bits per heavy atom. The first-order valence-corrected chi connectivity index (χ1v) is 8.72. The minimum atomic E-state index is -0.993. The maximum atomic E-state index is 12.2. The van der Waals surface area contributed by atoms with Crippen molar-refractivity contribution in [1.82, 2.24) is 10.6 Å². The fourth-order valence-electron chi connectivity index (χ4n) is 3.39. The van der Waals surface area contributed by atoms with Crippen LogP contribution in [0.15, 0.2) is 24.3 Å². The van der Waals surface area contributed by atoms with Crippen molar-refractivity contribution in [3.8, 4) is 0 Å². The second-order valence-corrected chi connectivity index (χ2v) is 6.57. The zero-order valence-electron chi connectivity index (χ0n) is 14.4. The van der Waals surface area contributed by atoms with Gasteiger partial charge in [-0.15, -0.1) is 0 Å². The summed E-state index contributed by atoms with van der Waals surface area (Å²) in [6, 6.07) is 0. The lowest BCUT2D eigenvalue weighted by Gasteiger charge is -2.25. The van der Waals surface area contributed by atoms with Crippen LogP contribution >= 0.6 is 0 Å². The Kier molecular flexibility index (Phi) is 6.94. The SMILES string of the molecule is O=C(NCCNC(=O)[C@H]1CC=CC[C@H]1C(=O)O)[C@H]1CC=CC[C@H]1C(=O)O. The van der Waals surface area contributed by atoms with Gasteiger partial charge in [0.25, 0.3) is 0 Å². The summed E-state index contributed by atoms with van der Waals surface area (Å²) in [4.78, 5) is 46.8. The summed E-state index contributed by atoms with van der Waals surface area (Å²) in [6.07, 6.45) is 8.54. The van der Waals surface area contributed by atoms with Gasteiger partial charge in [0.1, 0.15) is 0 Å². The van der Waals surface area contributed by atoms with E-state index in [0.29, 0.717) is 25.7 Å². The first-order chi connectivity index (χ1) is 12.4. The predicted molar refractivity (Wildman–Crippen MR) is 92.0 cm³/mol. The quantitative estimate of drug-likeness (QED) is 0.385. The summed E-state index contributed by atoms with van der Waals surface area (Å²) < 4.78 is 0. The molecular formula is C18H24N2O6. The van der Waals surface area contributed by atoms with Crippen LogP contribution in [-0.2, 0) is 19.2 Å². The third-order valence-corrected chi connectivity index (χ3v) is 4.90. The summed E-state index contributed by atoms with van der Waals surface area (Å²) in [5.41, 5.74) is 0. The molecule has 0 fully saturated rings. The van der Waals surface area contributed by atoms with E-state index in [1.165, 1.54) is 0 Å². The summed E-state index contributed by atoms with van der Waals surface area (Å²) in [5, 5.41) is 23.7. The van der Waals surface area contributed by atoms with Crippen LogP contribution in [0.2, 0.25) is 0 Å². The number of nitrogens with one attached hydrogen (secondary N) is 2. The van der Waals surface area contributed by atoms with E-state index in [0.717, 1.165) is 0 Å². The normalized spacial score (nSPS) is 27.5. The van der Waals surface area contributed by atoms with Gasteiger partial charge in [-0.05, 0) is 25.7 Å². The minimum Gasteiger partial charge on any atom is -0.481 e. The van der Waals surface area contributed by atoms with Crippen LogP contribution in [0.1, 0.15) is 25.7 Å². The largest absolute Gasteiger partial charge is 0.481 e. The van der Waals surface area contributed by atoms with E-state index >= 15 is 0 Å². The number of carbonyl (C=O) groups excluding carboxylic acids is 2. The molecule has 0 aromatic rings. The Bertz CT molecular complexity index is 573. The number of carboxylic acid groups (broad SMARTS) is 2. The van der Waals surface area contributed by atoms with Gasteiger partial charge >= 0.3 is 11.9 Å². The molecule has 0 unspecified atom stereocenters. The molecule has 4 atom stereocenters. The molecule has 8 heteroatoms. The Balaban J connectivity index is 1.77. The van der Waals surface area contributed by atoms with Crippen molar-refractivity contribution >= 4 is 23.8 Å². The number of amides is 2. The molecule has 0 saturated heterocycles. The lowest BCUT2D eigenvalue weighted by atomic mass is 9.82. The Labute approximate surface area is 151 Å². The first kappa shape index (κ1) is 19.7. The third kappa shape index (κ3) is 4.93. The van der Waals surface area contributed by atoms with Crippen molar-refractivity contribution in [1.29, 1.82) is 0 Å². The van der Waals surface area contributed by atoms with Gasteiger partial charge in [0.15, 0.2) is 0 Å². The van der Waals surface area contributed by atoms with E-state index in [-0.39, 0.29) is 24.9 Å². The summed E-state index contributed by atoms with van der Waals surface area (Å²) in [5.74, 6) is -5.39. The predicted octanol–water partition coefficient (Wildman–Crippen LogP) is 0.553. The molecule has 0 aliphatic heterocycles. The Hall–Kier alpha value is -2.64. The maximum Gasteiger partial charge on any atom is 0.307 e. The van der Waals surface area contributed by atoms with Crippen molar-refractivity contribution in [2.24, 2.45) is 23.7 Å². The van der Waals surface area contributed by atoms with E-state index < -0.39 is 35.6 Å². The van der Waals surface area contributed by atoms with Crippen LogP contribution in [0.25, 0.3) is 0 Å². The van der Waals surface area contributed by atoms with E-state index in [4.69, 9.17) is 0 Å². The fraction of sp³-hybridized carbons (Fsp3) is 0.556. The average molecular weight is 364 g/mol. The van der Waals surface area contributed by atoms with Gasteiger partial charge in [0.2, 0.25) is 11.8 Å². The number of carboxylic acids is 2. The average Bonchev–Trinajstić information content (AvgIpc) is 2.64. The molecule has 142 valence electrons. The summed E-state index contributed by atoms with van der Waals surface area (Å²) in [6.45, 7) is 0.328. The second-order valence-electron chi connectivity index (χ2n) is 6.57. The first-order valence-electron chi connectivity index (χ1n) is 8.72. The van der Waals surface area contributed by atoms with Gasteiger partial charge < -0.3 is 20.8 Å². The molecule has 0 aromatic carbocycles. The lowest BCUT2D eigenvalue weighted by molar-refractivity contribution is -0.147. The highest BCUT2D eigenvalue weighted by molar-refractivity contribution is 5.86. The molecule has 0 aromatic heterocycles. The third-order valence-electron chi connectivity index (χ3n) is 4.90. The van der Waals surface area contributed by atoms with Crippen LogP contribution in [0.5, 0.6) is 0 Å². The van der Waals surface area contributed by atoms with Gasteiger partial charge in [-0.2, -0.15) is 0 Å². The zero-order chi connectivity index (χ0) is 19.1. The van der Waals surface area contributed by atoms with Gasteiger partial charge in [0, 0.05) is 13.1 Å². The van der Waals surface area contributed by atoms with Gasteiger partial charge in [-0.3, -0.25) is 19.2 Å². The van der Waals surface area contributed by atoms with E-state index in [1.54, 1.807) is 24.3 Å². The van der Waals surface area contributed by atoms with E-state index in [9.17, 15) is 29.4 Å². The number of hydrogen-bond donors (Lipinski definition) is 4. The van der Waals surface area contributed by atoms with Crippen LogP contribution in [0, 0.1) is 23.7 Å². The molecule has 0 bridgehead atoms. The van der Waals surface area contributed by atoms with Crippen molar-refractivity contribution in [2.45, 2.75) is 25.7 Å². The number of rotatable bonds is 7. The van der Waals surface area contributed by atoms with E-state index in [2.05, 4.69) is 10.6 Å². The molecule has 2 rings (SSSR count). The standard InChI is InChI=1S/C18H24N2O6/c21-15(11-5-1-3-7-13(11)17(23)24)19-9-10-20-16(22)12-6-2-4-8-14(12)18(25)26/h1-4,11-14H,5-10H2,(H,19,21)(H,20,22)(H,23,24)(H,25,26)/t11-,12-,13+,14+/m0/s1. The zero-order valence-corrected chi connectivity index (χ0v) is 14.4. The molecule has 0 radical (unpaired) electrons. The molecule has 0 spiro atoms. The monoisotopic (exact) mass is 364 g/mol. The smallest absolute Gasteiger partial charge is 0.307 e. The molecule has 0 heterocycles. The molecule has 2 amide bonds. The Morgan fingerprint density at radius 3 is 1.27 bits per heavy atom. The van der Waals surface area contributed by atoms with Crippen LogP contribution in [-0.4, -0.2) is 47.1 Å². The van der Waals surface area contributed by atoms with Gasteiger partial charge in [0.05, 0.1) is 23.7 Å². The molecule has 26 heavy (non-hydrogen) atoms. The number of allylic oxidation sites excluding steroid dienone is 4. The van der Waals surface area contributed by atoms with Crippen molar-refractivity contribution in [3.05, 3.63) is 24.3 Å². The van der Waals surface area contributed by atoms with Crippen LogP contribution < -0.4 is 10.6 Å². The molecule has 0 saturated carbocycles. The maximum absolute atomic E-state index is 12.2. The van der Waals surface area contributed by atoms with Gasteiger partial charge in [-0.25, -0.2) is 0 Å². The summed E-state index contributed by atoms with van der Waals surface area (Å²) >= 11 is 0. The number of carbonyl (C=O) groups is 4. The summed E-state index contributed by atoms with van der Waals surface area (Å²) in [7, 11) is 0. The highest BCUT2D eigenvalue weighted by Crippen LogP contribution is 2.26. The number of hydrogen-bond acceptors (Lipinski definition) is 4. The topological polar surface area (TPSA) is 133 Å². The van der Waals surface area contributed by atoms with Crippen LogP contribution in [0.3, 0.4) is 0 Å². The van der Waals surface area contributed by atoms with Crippen molar-refractivity contribution < 1.29 is 29.4 Å². The second kappa shape index (κ2) is 9.17. The minimum absolute atomic E-state index is 0.164. The van der Waals surface area contributed by atoms with Crippen LogP contribution in [0.4, 0.5) is 0 Å². The molecule has 2 aliphatic rings. The number of aliphatic carboxylic acids is 2. The van der Waals surface area contributed by atoms with Crippen molar-refractivity contribution in [3.63, 3.8) is 0 Å². The Morgan fingerprint density at radius 1 is 0.654 bits per heavy atom. The van der Waals surface area contributed by atoms with Gasteiger partial charge in [-0.1, -0.05) is 24.3 Å². The molecule has 8 nitrogen and oxygen atoms in total. The van der Waals surface area contributed by atoms with Crippen molar-refractivity contribution in [2.75, 3.05) is 13.1 Å². The highest BCUT2D eigenvalue weighted by atomic mass is 16.4. The fourth-order valence-corrected chi connectivity index (χ4v) is 3.39. The highest BCUT2D eigenvalue weighted by Gasteiger charge is 2.35.